The zero-order valence-corrected chi connectivity index (χ0v) is 7.94. The molecule has 1 fully saturated rings. The first-order valence-electron chi connectivity index (χ1n) is 3.94. The van der Waals surface area contributed by atoms with E-state index in [0.717, 1.165) is 0 Å². The van der Waals surface area contributed by atoms with E-state index in [-0.39, 0.29) is 0 Å². The first-order chi connectivity index (χ1) is 5.52. The van der Waals surface area contributed by atoms with Crippen LogP contribution in [-0.4, -0.2) is 46.6 Å². The van der Waals surface area contributed by atoms with Gasteiger partial charge in [0.1, 0.15) is 5.78 Å². The topological polar surface area (TPSA) is 74.9 Å². The van der Waals surface area contributed by atoms with Crippen LogP contribution in [0.1, 0.15) is 6.92 Å². The second-order valence-electron chi connectivity index (χ2n) is 2.93. The Morgan fingerprint density at radius 1 is 1.42 bits per heavy atom. The third kappa shape index (κ3) is 2.54. The molecule has 71 valence electrons. The number of nitrogens with zero attached hydrogens (tertiary/aromatic N) is 2. The minimum atomic E-state index is -3.94. The predicted octanol–water partition coefficient (Wildman–Crippen LogP) is -0.570. The molecule has 1 aliphatic rings. The van der Waals surface area contributed by atoms with Crippen LogP contribution in [0.2, 0.25) is 0 Å². The minimum Gasteiger partial charge on any atom is -0.323 e. The summed E-state index contributed by atoms with van der Waals surface area (Å²) >= 11 is 0. The Morgan fingerprint density at radius 2 is 1.92 bits per heavy atom. The Balaban J connectivity index is 2.51. The molecule has 5 nitrogen and oxygen atoms in total. The van der Waals surface area contributed by atoms with Crippen LogP contribution in [0.3, 0.4) is 0 Å². The van der Waals surface area contributed by atoms with E-state index in [1.54, 1.807) is 11.8 Å². The van der Waals surface area contributed by atoms with Crippen LogP contribution in [0, 0.1) is 0 Å². The summed E-state index contributed by atoms with van der Waals surface area (Å²) in [6, 6.07) is 0. The van der Waals surface area contributed by atoms with Gasteiger partial charge in [0, 0.05) is 26.2 Å². The summed E-state index contributed by atoms with van der Waals surface area (Å²) in [4.78, 5) is 19.5. The van der Waals surface area contributed by atoms with Gasteiger partial charge in [-0.1, -0.05) is 0 Å². The molecular weight excluding hydrogens is 179 g/mol. The highest BCUT2D eigenvalue weighted by Crippen LogP contribution is 2.42. The SMILES string of the molecule is CC(N1CC[N]CC1)P(=O)(O)O. The maximum absolute atomic E-state index is 10.9. The molecule has 6 heteroatoms. The molecule has 1 unspecified atom stereocenters. The van der Waals surface area contributed by atoms with Crippen LogP contribution in [0.4, 0.5) is 0 Å². The van der Waals surface area contributed by atoms with Crippen molar-refractivity contribution in [3.8, 4) is 0 Å². The average Bonchev–Trinajstić information content (AvgIpc) is 2.03. The number of hydrogen-bond donors (Lipinski definition) is 2. The van der Waals surface area contributed by atoms with Gasteiger partial charge in [0.2, 0.25) is 0 Å². The molecule has 0 bridgehead atoms. The molecule has 0 aromatic heterocycles. The number of rotatable bonds is 2. The van der Waals surface area contributed by atoms with Gasteiger partial charge in [-0.3, -0.25) is 9.46 Å². The lowest BCUT2D eigenvalue weighted by Gasteiger charge is -2.31. The minimum absolute atomic E-state index is 0.659. The van der Waals surface area contributed by atoms with Gasteiger partial charge in [-0.15, -0.1) is 0 Å². The standard InChI is InChI=1S/C6H14N2O3P/c1-6(12(9,10)11)8-4-2-7-3-5-8/h6H,2-5H2,1H3,(H2,9,10,11). The number of hydrogen-bond acceptors (Lipinski definition) is 2. The third-order valence-corrected chi connectivity index (χ3v) is 3.41. The van der Waals surface area contributed by atoms with Crippen LogP contribution >= 0.6 is 7.60 Å². The van der Waals surface area contributed by atoms with E-state index >= 15 is 0 Å². The van der Waals surface area contributed by atoms with Gasteiger partial charge in [-0.05, 0) is 6.92 Å². The van der Waals surface area contributed by atoms with Crippen molar-refractivity contribution in [2.24, 2.45) is 0 Å². The molecule has 0 aromatic rings. The Bertz CT molecular complexity index is 187. The highest BCUT2D eigenvalue weighted by atomic mass is 31.2. The van der Waals surface area contributed by atoms with Crippen molar-refractivity contribution in [1.82, 2.24) is 10.2 Å². The van der Waals surface area contributed by atoms with E-state index in [2.05, 4.69) is 5.32 Å². The van der Waals surface area contributed by atoms with Gasteiger partial charge in [0.25, 0.3) is 0 Å². The molecule has 0 aliphatic carbocycles. The van der Waals surface area contributed by atoms with Crippen molar-refractivity contribution < 1.29 is 14.4 Å². The summed E-state index contributed by atoms with van der Waals surface area (Å²) in [5.41, 5.74) is 0. The summed E-state index contributed by atoms with van der Waals surface area (Å²) < 4.78 is 10.9. The van der Waals surface area contributed by atoms with Crippen LogP contribution in [0.5, 0.6) is 0 Å². The molecule has 12 heavy (non-hydrogen) atoms. The van der Waals surface area contributed by atoms with Crippen molar-refractivity contribution >= 4 is 7.60 Å². The van der Waals surface area contributed by atoms with Crippen molar-refractivity contribution in [1.29, 1.82) is 0 Å². The second-order valence-corrected chi connectivity index (χ2v) is 4.85. The van der Waals surface area contributed by atoms with E-state index in [1.165, 1.54) is 0 Å². The first kappa shape index (κ1) is 10.2. The molecule has 1 aliphatic heterocycles. The van der Waals surface area contributed by atoms with Gasteiger partial charge in [-0.2, -0.15) is 0 Å². The van der Waals surface area contributed by atoms with E-state index in [1.807, 2.05) is 0 Å². The van der Waals surface area contributed by atoms with Crippen LogP contribution in [0.25, 0.3) is 0 Å². The first-order valence-corrected chi connectivity index (χ1v) is 5.62. The van der Waals surface area contributed by atoms with Gasteiger partial charge < -0.3 is 9.79 Å². The molecule has 1 heterocycles. The Hall–Kier alpha value is 0.0700. The molecule has 0 amide bonds. The zero-order valence-electron chi connectivity index (χ0n) is 7.05. The molecule has 0 aromatic carbocycles. The Kier molecular flexibility index (Phi) is 3.26. The van der Waals surface area contributed by atoms with Crippen LogP contribution in [-0.2, 0) is 4.57 Å². The largest absolute Gasteiger partial charge is 0.342 e. The molecule has 0 saturated carbocycles. The van der Waals surface area contributed by atoms with Gasteiger partial charge in [0.05, 0.1) is 0 Å². The maximum Gasteiger partial charge on any atom is 0.342 e. The summed E-state index contributed by atoms with van der Waals surface area (Å²) in [6.07, 6.45) is 0. The van der Waals surface area contributed by atoms with E-state index < -0.39 is 13.4 Å². The summed E-state index contributed by atoms with van der Waals surface area (Å²) in [7, 11) is -3.94. The monoisotopic (exact) mass is 193 g/mol. The highest BCUT2D eigenvalue weighted by molar-refractivity contribution is 7.52. The van der Waals surface area contributed by atoms with Crippen molar-refractivity contribution in [2.75, 3.05) is 26.2 Å². The Morgan fingerprint density at radius 3 is 2.33 bits per heavy atom. The fourth-order valence-electron chi connectivity index (χ4n) is 1.21. The number of piperazine rings is 1. The van der Waals surface area contributed by atoms with E-state index in [4.69, 9.17) is 9.79 Å². The van der Waals surface area contributed by atoms with E-state index in [9.17, 15) is 4.57 Å². The zero-order chi connectivity index (χ0) is 9.19. The van der Waals surface area contributed by atoms with Crippen molar-refractivity contribution in [3.63, 3.8) is 0 Å². The van der Waals surface area contributed by atoms with Crippen LogP contribution in [0.15, 0.2) is 0 Å². The van der Waals surface area contributed by atoms with Crippen molar-refractivity contribution in [3.05, 3.63) is 0 Å². The molecule has 1 atom stereocenters. The lowest BCUT2D eigenvalue weighted by atomic mass is 10.4. The fourth-order valence-corrected chi connectivity index (χ4v) is 1.86. The lowest BCUT2D eigenvalue weighted by Crippen LogP contribution is -2.44. The quantitative estimate of drug-likeness (QED) is 0.576. The fraction of sp³-hybridized carbons (Fsp3) is 1.00. The molecule has 1 saturated heterocycles. The molecular formula is C6H14N2O3P. The molecule has 1 radical (unpaired) electrons. The average molecular weight is 193 g/mol. The van der Waals surface area contributed by atoms with Crippen molar-refractivity contribution in [2.45, 2.75) is 12.7 Å². The lowest BCUT2D eigenvalue weighted by molar-refractivity contribution is 0.199. The third-order valence-electron chi connectivity index (χ3n) is 2.11. The van der Waals surface area contributed by atoms with Gasteiger partial charge in [-0.25, -0.2) is 5.32 Å². The second kappa shape index (κ2) is 3.85. The van der Waals surface area contributed by atoms with Gasteiger partial charge >= 0.3 is 7.60 Å². The predicted molar refractivity (Wildman–Crippen MR) is 44.9 cm³/mol. The van der Waals surface area contributed by atoms with E-state index in [0.29, 0.717) is 26.2 Å². The van der Waals surface area contributed by atoms with Gasteiger partial charge in [0.15, 0.2) is 0 Å². The highest BCUT2D eigenvalue weighted by Gasteiger charge is 2.30. The maximum atomic E-state index is 10.9. The summed E-state index contributed by atoms with van der Waals surface area (Å²) in [6.45, 7) is 4.25. The summed E-state index contributed by atoms with van der Waals surface area (Å²) in [5, 5.41) is 4.10. The normalized spacial score (nSPS) is 23.9. The van der Waals surface area contributed by atoms with Crippen LogP contribution < -0.4 is 5.32 Å². The Labute approximate surface area is 71.9 Å². The summed E-state index contributed by atoms with van der Waals surface area (Å²) in [5.74, 6) is -0.659. The molecule has 2 N–H and O–H groups in total. The molecule has 1 rings (SSSR count). The smallest absolute Gasteiger partial charge is 0.323 e. The molecule has 0 spiro atoms.